The molecule has 0 aliphatic rings. The lowest BCUT2D eigenvalue weighted by molar-refractivity contribution is 0.0915. The highest BCUT2D eigenvalue weighted by molar-refractivity contribution is 14.1. The topological polar surface area (TPSA) is 55.1 Å². The predicted octanol–water partition coefficient (Wildman–Crippen LogP) is 2.41. The van der Waals surface area contributed by atoms with E-state index in [9.17, 15) is 4.79 Å². The van der Waals surface area contributed by atoms with Crippen LogP contribution < -0.4 is 11.1 Å². The molecular formula is C11H14ClIN2O. The molecule has 0 saturated carbocycles. The minimum Gasteiger partial charge on any atom is -0.346 e. The summed E-state index contributed by atoms with van der Waals surface area (Å²) in [5.74, 6) is -0.151. The molecule has 0 spiro atoms. The van der Waals surface area contributed by atoms with Gasteiger partial charge in [-0.15, -0.1) is 0 Å². The number of nitrogens with two attached hydrogens (primary N) is 1. The zero-order chi connectivity index (χ0) is 12.3. The molecule has 0 aromatic heterocycles. The van der Waals surface area contributed by atoms with Crippen LogP contribution in [0.2, 0.25) is 5.02 Å². The van der Waals surface area contributed by atoms with Gasteiger partial charge in [0, 0.05) is 20.7 Å². The van der Waals surface area contributed by atoms with Crippen molar-refractivity contribution in [3.63, 3.8) is 0 Å². The fraction of sp³-hybridized carbons (Fsp3) is 0.364. The Hall–Kier alpha value is -0.330. The number of rotatable bonds is 3. The monoisotopic (exact) mass is 352 g/mol. The second kappa shape index (κ2) is 5.33. The third-order valence-electron chi connectivity index (χ3n) is 2.14. The van der Waals surface area contributed by atoms with Gasteiger partial charge in [-0.25, -0.2) is 0 Å². The van der Waals surface area contributed by atoms with Crippen molar-refractivity contribution in [3.05, 3.63) is 32.4 Å². The highest BCUT2D eigenvalue weighted by Crippen LogP contribution is 2.18. The van der Waals surface area contributed by atoms with E-state index in [0.717, 1.165) is 3.57 Å². The number of amides is 1. The summed E-state index contributed by atoms with van der Waals surface area (Å²) in [5, 5.41) is 3.41. The molecule has 0 radical (unpaired) electrons. The Kier molecular flexibility index (Phi) is 4.58. The van der Waals surface area contributed by atoms with Gasteiger partial charge in [0.15, 0.2) is 0 Å². The smallest absolute Gasteiger partial charge is 0.252 e. The molecule has 0 aliphatic heterocycles. The maximum Gasteiger partial charge on any atom is 0.252 e. The standard InChI is InChI=1S/C11H14ClIN2O/c1-11(2,6-14)15-10(16)8-5-7(12)3-4-9(8)13/h3-5H,6,14H2,1-2H3,(H,15,16). The first-order valence-electron chi connectivity index (χ1n) is 4.83. The molecule has 0 aliphatic carbocycles. The van der Waals surface area contributed by atoms with Crippen molar-refractivity contribution in [1.82, 2.24) is 5.32 Å². The van der Waals surface area contributed by atoms with E-state index in [1.54, 1.807) is 12.1 Å². The Morgan fingerprint density at radius 1 is 1.56 bits per heavy atom. The van der Waals surface area contributed by atoms with Crippen LogP contribution >= 0.6 is 34.2 Å². The second-order valence-corrected chi connectivity index (χ2v) is 5.76. The van der Waals surface area contributed by atoms with Crippen molar-refractivity contribution < 1.29 is 4.79 Å². The minimum absolute atomic E-state index is 0.151. The van der Waals surface area contributed by atoms with Crippen LogP contribution in [0.5, 0.6) is 0 Å². The number of halogens is 2. The Bertz CT molecular complexity index is 407. The molecule has 0 unspecified atom stereocenters. The van der Waals surface area contributed by atoms with Crippen LogP contribution in [0, 0.1) is 3.57 Å². The fourth-order valence-corrected chi connectivity index (χ4v) is 1.85. The molecule has 0 heterocycles. The Morgan fingerprint density at radius 2 is 2.19 bits per heavy atom. The molecule has 0 atom stereocenters. The lowest BCUT2D eigenvalue weighted by Crippen LogP contribution is -2.49. The average molecular weight is 353 g/mol. The highest BCUT2D eigenvalue weighted by atomic mass is 127. The predicted molar refractivity (Wildman–Crippen MR) is 74.8 cm³/mol. The number of carbonyl (C=O) groups excluding carboxylic acids is 1. The van der Waals surface area contributed by atoms with Gasteiger partial charge in [0.25, 0.3) is 5.91 Å². The first-order valence-corrected chi connectivity index (χ1v) is 6.29. The summed E-state index contributed by atoms with van der Waals surface area (Å²) in [6, 6.07) is 5.23. The van der Waals surface area contributed by atoms with Crippen LogP contribution in [-0.2, 0) is 0 Å². The fourth-order valence-electron chi connectivity index (χ4n) is 1.10. The average Bonchev–Trinajstić information content (AvgIpc) is 2.21. The van der Waals surface area contributed by atoms with E-state index in [0.29, 0.717) is 17.1 Å². The summed E-state index contributed by atoms with van der Waals surface area (Å²) in [6.07, 6.45) is 0. The summed E-state index contributed by atoms with van der Waals surface area (Å²) >= 11 is 7.96. The maximum absolute atomic E-state index is 12.0. The number of carbonyl (C=O) groups is 1. The van der Waals surface area contributed by atoms with Crippen molar-refractivity contribution in [2.24, 2.45) is 5.73 Å². The molecular weight excluding hydrogens is 338 g/mol. The lowest BCUT2D eigenvalue weighted by atomic mass is 10.1. The molecule has 3 nitrogen and oxygen atoms in total. The summed E-state index contributed by atoms with van der Waals surface area (Å²) < 4.78 is 0.868. The van der Waals surface area contributed by atoms with E-state index in [4.69, 9.17) is 17.3 Å². The van der Waals surface area contributed by atoms with Crippen LogP contribution in [0.3, 0.4) is 0 Å². The molecule has 88 valence electrons. The SMILES string of the molecule is CC(C)(CN)NC(=O)c1cc(Cl)ccc1I. The first-order chi connectivity index (χ1) is 7.35. The van der Waals surface area contributed by atoms with Gasteiger partial charge in [-0.05, 0) is 54.6 Å². The van der Waals surface area contributed by atoms with Gasteiger partial charge in [0.1, 0.15) is 0 Å². The normalized spacial score (nSPS) is 11.3. The highest BCUT2D eigenvalue weighted by Gasteiger charge is 2.20. The lowest BCUT2D eigenvalue weighted by Gasteiger charge is -2.24. The van der Waals surface area contributed by atoms with Gasteiger partial charge >= 0.3 is 0 Å². The molecule has 16 heavy (non-hydrogen) atoms. The van der Waals surface area contributed by atoms with E-state index in [1.807, 2.05) is 19.9 Å². The summed E-state index contributed by atoms with van der Waals surface area (Å²) in [5.41, 5.74) is 5.72. The number of hydrogen-bond donors (Lipinski definition) is 2. The van der Waals surface area contributed by atoms with Crippen molar-refractivity contribution in [2.45, 2.75) is 19.4 Å². The molecule has 1 aromatic rings. The Morgan fingerprint density at radius 3 is 2.75 bits per heavy atom. The van der Waals surface area contributed by atoms with E-state index in [2.05, 4.69) is 27.9 Å². The van der Waals surface area contributed by atoms with Gasteiger partial charge in [0.05, 0.1) is 5.56 Å². The Labute approximate surface area is 114 Å². The van der Waals surface area contributed by atoms with E-state index < -0.39 is 5.54 Å². The Balaban J connectivity index is 2.93. The zero-order valence-electron chi connectivity index (χ0n) is 9.18. The van der Waals surface area contributed by atoms with Crippen molar-refractivity contribution in [3.8, 4) is 0 Å². The van der Waals surface area contributed by atoms with Gasteiger partial charge in [-0.3, -0.25) is 4.79 Å². The molecule has 3 N–H and O–H groups in total. The number of nitrogens with one attached hydrogen (secondary N) is 1. The summed E-state index contributed by atoms with van der Waals surface area (Å²) in [4.78, 5) is 12.0. The summed E-state index contributed by atoms with van der Waals surface area (Å²) in [7, 11) is 0. The number of benzene rings is 1. The molecule has 1 aromatic carbocycles. The second-order valence-electron chi connectivity index (χ2n) is 4.17. The van der Waals surface area contributed by atoms with E-state index in [-0.39, 0.29) is 5.91 Å². The largest absolute Gasteiger partial charge is 0.346 e. The van der Waals surface area contributed by atoms with Crippen LogP contribution in [-0.4, -0.2) is 18.0 Å². The molecule has 1 amide bonds. The molecule has 0 bridgehead atoms. The van der Waals surface area contributed by atoms with Gasteiger partial charge in [0.2, 0.25) is 0 Å². The third-order valence-corrected chi connectivity index (χ3v) is 3.31. The van der Waals surface area contributed by atoms with Crippen molar-refractivity contribution in [1.29, 1.82) is 0 Å². The van der Waals surface area contributed by atoms with Gasteiger partial charge in [-0.1, -0.05) is 11.6 Å². The van der Waals surface area contributed by atoms with Crippen molar-refractivity contribution in [2.75, 3.05) is 6.54 Å². The molecule has 1 rings (SSSR count). The first kappa shape index (κ1) is 13.7. The van der Waals surface area contributed by atoms with E-state index >= 15 is 0 Å². The molecule has 5 heteroatoms. The van der Waals surface area contributed by atoms with Crippen LogP contribution in [0.15, 0.2) is 18.2 Å². The molecule has 0 saturated heterocycles. The maximum atomic E-state index is 12.0. The summed E-state index contributed by atoms with van der Waals surface area (Å²) in [6.45, 7) is 4.14. The quantitative estimate of drug-likeness (QED) is 0.821. The van der Waals surface area contributed by atoms with Gasteiger partial charge < -0.3 is 11.1 Å². The van der Waals surface area contributed by atoms with Crippen LogP contribution in [0.1, 0.15) is 24.2 Å². The van der Waals surface area contributed by atoms with Crippen LogP contribution in [0.4, 0.5) is 0 Å². The van der Waals surface area contributed by atoms with E-state index in [1.165, 1.54) is 0 Å². The number of hydrogen-bond acceptors (Lipinski definition) is 2. The zero-order valence-corrected chi connectivity index (χ0v) is 12.1. The van der Waals surface area contributed by atoms with Crippen LogP contribution in [0.25, 0.3) is 0 Å². The van der Waals surface area contributed by atoms with Crippen molar-refractivity contribution >= 4 is 40.1 Å². The van der Waals surface area contributed by atoms with Gasteiger partial charge in [-0.2, -0.15) is 0 Å². The third kappa shape index (κ3) is 3.61. The molecule has 0 fully saturated rings. The minimum atomic E-state index is -0.414.